The quantitative estimate of drug-likeness (QED) is 0.711. The van der Waals surface area contributed by atoms with Crippen molar-refractivity contribution in [3.05, 3.63) is 71.8 Å². The van der Waals surface area contributed by atoms with Crippen LogP contribution in [0.15, 0.2) is 60.9 Å². The third-order valence-electron chi connectivity index (χ3n) is 2.71. The minimum atomic E-state index is -0.284. The van der Waals surface area contributed by atoms with Crippen molar-refractivity contribution >= 4 is 11.6 Å². The number of rotatable bonds is 3. The Labute approximate surface area is 120 Å². The lowest BCUT2D eigenvalue weighted by Gasteiger charge is -2.04. The molecule has 0 N–H and O–H groups in total. The van der Waals surface area contributed by atoms with Crippen LogP contribution in [-0.2, 0) is 0 Å². The molecule has 0 aliphatic heterocycles. The van der Waals surface area contributed by atoms with Gasteiger partial charge in [0.05, 0.1) is 23.1 Å². The summed E-state index contributed by atoms with van der Waals surface area (Å²) < 4.78 is 20.1. The van der Waals surface area contributed by atoms with Crippen LogP contribution in [0.1, 0.15) is 0 Å². The lowest BCUT2D eigenvalue weighted by atomic mass is 10.3. The predicted octanol–water partition coefficient (Wildman–Crippen LogP) is 4.46. The van der Waals surface area contributed by atoms with E-state index >= 15 is 0 Å². The number of nitrogens with zero attached hydrogens (tertiary/aromatic N) is 2. The number of aromatic nitrogens is 2. The number of halogens is 2. The summed E-state index contributed by atoms with van der Waals surface area (Å²) in [4.78, 5) is 0. The van der Waals surface area contributed by atoms with Crippen LogP contribution >= 0.6 is 11.6 Å². The summed E-state index contributed by atoms with van der Waals surface area (Å²) in [6, 6.07) is 13.2. The Balaban J connectivity index is 1.84. The minimum absolute atomic E-state index is 0.284. The van der Waals surface area contributed by atoms with Gasteiger partial charge in [-0.15, -0.1) is 0 Å². The van der Waals surface area contributed by atoms with Crippen LogP contribution < -0.4 is 4.74 Å². The number of para-hydroxylation sites is 1. The first-order chi connectivity index (χ1) is 9.72. The van der Waals surface area contributed by atoms with Crippen LogP contribution in [0.3, 0.4) is 0 Å². The van der Waals surface area contributed by atoms with Crippen molar-refractivity contribution in [3.8, 4) is 17.2 Å². The van der Waals surface area contributed by atoms with Gasteiger partial charge in [0.25, 0.3) is 0 Å². The first-order valence-corrected chi connectivity index (χ1v) is 6.33. The molecule has 0 bridgehead atoms. The van der Waals surface area contributed by atoms with Crippen molar-refractivity contribution in [2.24, 2.45) is 0 Å². The Morgan fingerprint density at radius 3 is 2.55 bits per heavy atom. The normalized spacial score (nSPS) is 10.5. The molecule has 0 saturated carbocycles. The molecule has 5 heteroatoms. The molecule has 3 aromatic rings. The summed E-state index contributed by atoms with van der Waals surface area (Å²) in [5.41, 5.74) is 0.750. The van der Waals surface area contributed by atoms with Crippen LogP contribution in [0.2, 0.25) is 5.02 Å². The third kappa shape index (κ3) is 2.65. The Hall–Kier alpha value is -2.33. The molecule has 0 aliphatic carbocycles. The van der Waals surface area contributed by atoms with Crippen molar-refractivity contribution in [2.75, 3.05) is 0 Å². The fourth-order valence-electron chi connectivity index (χ4n) is 1.75. The SMILES string of the molecule is Fc1ccc(-n2cc(Oc3ccccc3Cl)cn2)cc1. The maximum absolute atomic E-state index is 12.9. The van der Waals surface area contributed by atoms with Crippen LogP contribution in [0, 0.1) is 5.82 Å². The summed E-state index contributed by atoms with van der Waals surface area (Å²) >= 11 is 6.02. The molecular weight excluding hydrogens is 279 g/mol. The lowest BCUT2D eigenvalue weighted by Crippen LogP contribution is -1.93. The molecule has 0 fully saturated rings. The largest absolute Gasteiger partial charge is 0.452 e. The van der Waals surface area contributed by atoms with E-state index in [1.165, 1.54) is 12.1 Å². The molecular formula is C15H10ClFN2O. The van der Waals surface area contributed by atoms with Crippen molar-refractivity contribution in [2.45, 2.75) is 0 Å². The molecule has 0 amide bonds. The number of benzene rings is 2. The fraction of sp³-hybridized carbons (Fsp3) is 0. The van der Waals surface area contributed by atoms with Crippen LogP contribution in [0.4, 0.5) is 4.39 Å². The summed E-state index contributed by atoms with van der Waals surface area (Å²) in [7, 11) is 0. The molecule has 1 aromatic heterocycles. The molecule has 20 heavy (non-hydrogen) atoms. The van der Waals surface area contributed by atoms with Gasteiger partial charge < -0.3 is 4.74 Å². The molecule has 2 aromatic carbocycles. The molecule has 3 nitrogen and oxygen atoms in total. The van der Waals surface area contributed by atoms with Crippen molar-refractivity contribution in [1.82, 2.24) is 9.78 Å². The molecule has 0 unspecified atom stereocenters. The Bertz CT molecular complexity index is 725. The van der Waals surface area contributed by atoms with E-state index < -0.39 is 0 Å². The van der Waals surface area contributed by atoms with Crippen LogP contribution in [0.5, 0.6) is 11.5 Å². The second-order valence-electron chi connectivity index (χ2n) is 4.13. The number of hydrogen-bond acceptors (Lipinski definition) is 2. The zero-order valence-corrected chi connectivity index (χ0v) is 11.1. The van der Waals surface area contributed by atoms with Gasteiger partial charge >= 0.3 is 0 Å². The summed E-state index contributed by atoms with van der Waals surface area (Å²) in [5, 5.41) is 4.70. The molecule has 100 valence electrons. The van der Waals surface area contributed by atoms with Gasteiger partial charge in [0.1, 0.15) is 11.6 Å². The smallest absolute Gasteiger partial charge is 0.165 e. The minimum Gasteiger partial charge on any atom is -0.452 e. The van der Waals surface area contributed by atoms with E-state index in [4.69, 9.17) is 16.3 Å². The van der Waals surface area contributed by atoms with Crippen LogP contribution in [-0.4, -0.2) is 9.78 Å². The molecule has 0 saturated heterocycles. The average Bonchev–Trinajstić information content (AvgIpc) is 2.91. The zero-order chi connectivity index (χ0) is 13.9. The van der Waals surface area contributed by atoms with Gasteiger partial charge in [-0.05, 0) is 36.4 Å². The molecule has 3 rings (SSSR count). The molecule has 0 atom stereocenters. The Morgan fingerprint density at radius 2 is 1.80 bits per heavy atom. The highest BCUT2D eigenvalue weighted by Gasteiger charge is 2.05. The topological polar surface area (TPSA) is 27.1 Å². The van der Waals surface area contributed by atoms with Crippen molar-refractivity contribution in [3.63, 3.8) is 0 Å². The fourth-order valence-corrected chi connectivity index (χ4v) is 1.92. The van der Waals surface area contributed by atoms with E-state index in [1.54, 1.807) is 41.3 Å². The maximum Gasteiger partial charge on any atom is 0.165 e. The standard InChI is InChI=1S/C15H10ClFN2O/c16-14-3-1-2-4-15(14)20-13-9-18-19(10-13)12-7-5-11(17)6-8-12/h1-10H. The van der Waals surface area contributed by atoms with E-state index in [9.17, 15) is 4.39 Å². The second-order valence-corrected chi connectivity index (χ2v) is 4.54. The summed E-state index contributed by atoms with van der Waals surface area (Å²) in [6.07, 6.45) is 3.28. The predicted molar refractivity (Wildman–Crippen MR) is 75.0 cm³/mol. The first-order valence-electron chi connectivity index (χ1n) is 5.95. The molecule has 0 aliphatic rings. The van der Waals surface area contributed by atoms with E-state index in [1.807, 2.05) is 12.1 Å². The average molecular weight is 289 g/mol. The molecule has 0 radical (unpaired) electrons. The van der Waals surface area contributed by atoms with E-state index in [-0.39, 0.29) is 5.82 Å². The first kappa shape index (κ1) is 12.7. The van der Waals surface area contributed by atoms with E-state index in [0.717, 1.165) is 5.69 Å². The highest BCUT2D eigenvalue weighted by Crippen LogP contribution is 2.28. The monoisotopic (exact) mass is 288 g/mol. The molecule has 0 spiro atoms. The highest BCUT2D eigenvalue weighted by molar-refractivity contribution is 6.32. The van der Waals surface area contributed by atoms with Gasteiger partial charge in [-0.25, -0.2) is 9.07 Å². The zero-order valence-electron chi connectivity index (χ0n) is 10.3. The van der Waals surface area contributed by atoms with Crippen molar-refractivity contribution in [1.29, 1.82) is 0 Å². The molecule has 1 heterocycles. The van der Waals surface area contributed by atoms with Crippen LogP contribution in [0.25, 0.3) is 5.69 Å². The van der Waals surface area contributed by atoms with Gasteiger partial charge in [-0.3, -0.25) is 0 Å². The third-order valence-corrected chi connectivity index (χ3v) is 3.03. The van der Waals surface area contributed by atoms with Crippen molar-refractivity contribution < 1.29 is 9.13 Å². The van der Waals surface area contributed by atoms with Gasteiger partial charge in [0.15, 0.2) is 5.75 Å². The number of hydrogen-bond donors (Lipinski definition) is 0. The van der Waals surface area contributed by atoms with Gasteiger partial charge in [0.2, 0.25) is 0 Å². The van der Waals surface area contributed by atoms with Gasteiger partial charge in [-0.1, -0.05) is 23.7 Å². The lowest BCUT2D eigenvalue weighted by molar-refractivity contribution is 0.482. The Morgan fingerprint density at radius 1 is 1.05 bits per heavy atom. The summed E-state index contributed by atoms with van der Waals surface area (Å²) in [5.74, 6) is 0.837. The number of ether oxygens (including phenoxy) is 1. The second kappa shape index (κ2) is 5.35. The summed E-state index contributed by atoms with van der Waals surface area (Å²) in [6.45, 7) is 0. The van der Waals surface area contributed by atoms with E-state index in [2.05, 4.69) is 5.10 Å². The van der Waals surface area contributed by atoms with Gasteiger partial charge in [-0.2, -0.15) is 5.10 Å². The van der Waals surface area contributed by atoms with Gasteiger partial charge in [0, 0.05) is 0 Å². The Kier molecular flexibility index (Phi) is 3.39. The van der Waals surface area contributed by atoms with E-state index in [0.29, 0.717) is 16.5 Å². The maximum atomic E-state index is 12.9. The highest BCUT2D eigenvalue weighted by atomic mass is 35.5.